The zero-order valence-corrected chi connectivity index (χ0v) is 17.4. The van der Waals surface area contributed by atoms with Gasteiger partial charge in [0.25, 0.3) is 0 Å². The highest BCUT2D eigenvalue weighted by atomic mass is 32.2. The maximum Gasteiger partial charge on any atom is 0.240 e. The maximum absolute atomic E-state index is 12.5. The Balaban J connectivity index is 2.03. The summed E-state index contributed by atoms with van der Waals surface area (Å²) in [5.74, 6) is -0.671. The summed E-state index contributed by atoms with van der Waals surface area (Å²) in [4.78, 5) is 26.5. The van der Waals surface area contributed by atoms with Crippen molar-refractivity contribution in [1.82, 2.24) is 9.62 Å². The van der Waals surface area contributed by atoms with Gasteiger partial charge in [0, 0.05) is 30.2 Å². The molecule has 0 aliphatic carbocycles. The van der Waals surface area contributed by atoms with Crippen LogP contribution in [0.25, 0.3) is 0 Å². The molecule has 2 amide bonds. The number of anilines is 1. The van der Waals surface area contributed by atoms with Crippen molar-refractivity contribution in [3.8, 4) is 0 Å². The normalized spacial score (nSPS) is 19.2. The van der Waals surface area contributed by atoms with Crippen LogP contribution in [0.1, 0.15) is 47.5 Å². The van der Waals surface area contributed by atoms with Crippen LogP contribution < -0.4 is 10.0 Å². The molecule has 0 saturated carbocycles. The molecule has 2 N–H and O–H groups in total. The molecule has 8 heteroatoms. The third-order valence-electron chi connectivity index (χ3n) is 4.71. The molecule has 150 valence electrons. The zero-order valence-electron chi connectivity index (χ0n) is 16.6. The van der Waals surface area contributed by atoms with Gasteiger partial charge in [-0.05, 0) is 58.4 Å². The van der Waals surface area contributed by atoms with Crippen molar-refractivity contribution in [3.05, 3.63) is 24.3 Å². The van der Waals surface area contributed by atoms with E-state index in [1.807, 2.05) is 27.7 Å². The highest BCUT2D eigenvalue weighted by Crippen LogP contribution is 2.27. The Morgan fingerprint density at radius 1 is 1.26 bits per heavy atom. The molecule has 27 heavy (non-hydrogen) atoms. The number of carbonyl (C=O) groups is 2. The summed E-state index contributed by atoms with van der Waals surface area (Å²) in [6, 6.07) is 5.88. The Hall–Kier alpha value is -1.93. The van der Waals surface area contributed by atoms with Crippen molar-refractivity contribution in [2.24, 2.45) is 5.92 Å². The number of benzene rings is 1. The molecule has 1 saturated heterocycles. The standard InChI is InChI=1S/C19H29N3O4S/c1-6-13(2)21-27(25,26)16-9-7-15(8-10-16)20-18(24)14-11-17(23)22(12-14)19(3,4)5/h7-10,13-14,21H,6,11-12H2,1-5H3,(H,20,24)/t13-,14-/m1/s1. The number of carbonyl (C=O) groups excluding carboxylic acids is 2. The molecule has 1 fully saturated rings. The second-order valence-corrected chi connectivity index (χ2v) is 9.73. The lowest BCUT2D eigenvalue weighted by Crippen LogP contribution is -2.42. The van der Waals surface area contributed by atoms with Crippen molar-refractivity contribution >= 4 is 27.5 Å². The highest BCUT2D eigenvalue weighted by Gasteiger charge is 2.39. The van der Waals surface area contributed by atoms with Gasteiger partial charge in [-0.15, -0.1) is 0 Å². The molecular formula is C19H29N3O4S. The van der Waals surface area contributed by atoms with E-state index in [0.717, 1.165) is 0 Å². The Morgan fingerprint density at radius 3 is 2.33 bits per heavy atom. The van der Waals surface area contributed by atoms with E-state index in [1.165, 1.54) is 12.1 Å². The fraction of sp³-hybridized carbons (Fsp3) is 0.579. The average molecular weight is 396 g/mol. The first-order valence-electron chi connectivity index (χ1n) is 9.17. The molecule has 1 aromatic rings. The van der Waals surface area contributed by atoms with Crippen LogP contribution in [0.2, 0.25) is 0 Å². The van der Waals surface area contributed by atoms with Gasteiger partial charge < -0.3 is 10.2 Å². The largest absolute Gasteiger partial charge is 0.337 e. The lowest BCUT2D eigenvalue weighted by atomic mass is 10.1. The average Bonchev–Trinajstić information content (AvgIpc) is 2.97. The Kier molecular flexibility index (Phi) is 6.32. The molecule has 2 atom stereocenters. The number of hydrogen-bond acceptors (Lipinski definition) is 4. The minimum atomic E-state index is -3.58. The quantitative estimate of drug-likeness (QED) is 0.773. The van der Waals surface area contributed by atoms with E-state index in [9.17, 15) is 18.0 Å². The molecule has 0 spiro atoms. The van der Waals surface area contributed by atoms with Crippen LogP contribution in [0.4, 0.5) is 5.69 Å². The third-order valence-corrected chi connectivity index (χ3v) is 6.31. The summed E-state index contributed by atoms with van der Waals surface area (Å²) in [6.07, 6.45) is 0.882. The molecule has 0 aromatic heterocycles. The fourth-order valence-corrected chi connectivity index (χ4v) is 4.24. The summed E-state index contributed by atoms with van der Waals surface area (Å²) < 4.78 is 27.1. The SMILES string of the molecule is CC[C@@H](C)NS(=O)(=O)c1ccc(NC(=O)[C@@H]2CC(=O)N(C(C)(C)C)C2)cc1. The highest BCUT2D eigenvalue weighted by molar-refractivity contribution is 7.89. The Morgan fingerprint density at radius 2 is 1.85 bits per heavy atom. The molecule has 1 aliphatic rings. The van der Waals surface area contributed by atoms with Crippen molar-refractivity contribution < 1.29 is 18.0 Å². The first kappa shape index (κ1) is 21.4. The van der Waals surface area contributed by atoms with Crippen LogP contribution in [-0.2, 0) is 19.6 Å². The van der Waals surface area contributed by atoms with Gasteiger partial charge in [-0.1, -0.05) is 6.92 Å². The van der Waals surface area contributed by atoms with Crippen molar-refractivity contribution in [2.45, 2.75) is 63.9 Å². The molecule has 0 radical (unpaired) electrons. The fourth-order valence-electron chi connectivity index (χ4n) is 2.91. The lowest BCUT2D eigenvalue weighted by Gasteiger charge is -2.31. The lowest BCUT2D eigenvalue weighted by molar-refractivity contribution is -0.131. The number of likely N-dealkylation sites (tertiary alicyclic amines) is 1. The molecule has 1 heterocycles. The number of sulfonamides is 1. The van der Waals surface area contributed by atoms with Crippen LogP contribution in [0.3, 0.4) is 0 Å². The summed E-state index contributed by atoms with van der Waals surface area (Å²) >= 11 is 0. The van der Waals surface area contributed by atoms with E-state index in [0.29, 0.717) is 18.7 Å². The van der Waals surface area contributed by atoms with E-state index in [2.05, 4.69) is 10.0 Å². The topological polar surface area (TPSA) is 95.6 Å². The van der Waals surface area contributed by atoms with E-state index in [4.69, 9.17) is 0 Å². The Labute approximate surface area is 161 Å². The zero-order chi connectivity index (χ0) is 20.4. The third kappa shape index (κ3) is 5.29. The number of hydrogen-bond donors (Lipinski definition) is 2. The minimum Gasteiger partial charge on any atom is -0.337 e. The second kappa shape index (κ2) is 7.98. The summed E-state index contributed by atoms with van der Waals surface area (Å²) in [5, 5.41) is 2.77. The molecule has 2 rings (SSSR count). The van der Waals surface area contributed by atoms with Gasteiger partial charge >= 0.3 is 0 Å². The van der Waals surface area contributed by atoms with Gasteiger partial charge in [0.2, 0.25) is 21.8 Å². The molecule has 0 bridgehead atoms. The Bertz CT molecular complexity index is 797. The summed E-state index contributed by atoms with van der Waals surface area (Å²) in [6.45, 7) is 9.92. The van der Waals surface area contributed by atoms with Crippen molar-refractivity contribution in [1.29, 1.82) is 0 Å². The second-order valence-electron chi connectivity index (χ2n) is 8.02. The van der Waals surface area contributed by atoms with Gasteiger partial charge in [0.1, 0.15) is 0 Å². The molecule has 7 nitrogen and oxygen atoms in total. The van der Waals surface area contributed by atoms with Gasteiger partial charge in [-0.3, -0.25) is 9.59 Å². The van der Waals surface area contributed by atoms with E-state index >= 15 is 0 Å². The number of nitrogens with one attached hydrogen (secondary N) is 2. The predicted molar refractivity (Wildman–Crippen MR) is 105 cm³/mol. The van der Waals surface area contributed by atoms with Crippen LogP contribution in [0, 0.1) is 5.92 Å². The van der Waals surface area contributed by atoms with Crippen LogP contribution >= 0.6 is 0 Å². The smallest absolute Gasteiger partial charge is 0.240 e. The van der Waals surface area contributed by atoms with Crippen LogP contribution in [-0.4, -0.2) is 43.3 Å². The molecular weight excluding hydrogens is 366 g/mol. The van der Waals surface area contributed by atoms with E-state index in [1.54, 1.807) is 24.0 Å². The summed E-state index contributed by atoms with van der Waals surface area (Å²) in [7, 11) is -3.58. The first-order valence-corrected chi connectivity index (χ1v) is 10.7. The molecule has 0 unspecified atom stereocenters. The number of rotatable bonds is 6. The van der Waals surface area contributed by atoms with Gasteiger partial charge in [-0.25, -0.2) is 13.1 Å². The summed E-state index contributed by atoms with van der Waals surface area (Å²) in [5.41, 5.74) is 0.189. The van der Waals surface area contributed by atoms with Crippen molar-refractivity contribution in [3.63, 3.8) is 0 Å². The number of nitrogens with zero attached hydrogens (tertiary/aromatic N) is 1. The van der Waals surface area contributed by atoms with Gasteiger partial charge in [0.15, 0.2) is 0 Å². The van der Waals surface area contributed by atoms with Gasteiger partial charge in [0.05, 0.1) is 10.8 Å². The predicted octanol–water partition coefficient (Wildman–Crippen LogP) is 2.35. The van der Waals surface area contributed by atoms with E-state index in [-0.39, 0.29) is 34.7 Å². The molecule has 1 aliphatic heterocycles. The monoisotopic (exact) mass is 395 g/mol. The van der Waals surface area contributed by atoms with Crippen LogP contribution in [0.5, 0.6) is 0 Å². The first-order chi connectivity index (χ1) is 12.4. The number of amides is 2. The van der Waals surface area contributed by atoms with Crippen LogP contribution in [0.15, 0.2) is 29.2 Å². The van der Waals surface area contributed by atoms with Crippen molar-refractivity contribution in [2.75, 3.05) is 11.9 Å². The minimum absolute atomic E-state index is 0.0276. The van der Waals surface area contributed by atoms with Gasteiger partial charge in [-0.2, -0.15) is 0 Å². The maximum atomic E-state index is 12.5. The van der Waals surface area contributed by atoms with E-state index < -0.39 is 15.9 Å². The molecule has 1 aromatic carbocycles.